The Labute approximate surface area is 101 Å². The van der Waals surface area contributed by atoms with Crippen molar-refractivity contribution in [2.45, 2.75) is 4.90 Å². The van der Waals surface area contributed by atoms with Crippen LogP contribution < -0.4 is 0 Å². The van der Waals surface area contributed by atoms with E-state index in [1.54, 1.807) is 30.3 Å². The van der Waals surface area contributed by atoms with Crippen LogP contribution in [-0.4, -0.2) is 8.76 Å². The Morgan fingerprint density at radius 1 is 0.882 bits per heavy atom. The molecule has 0 aliphatic heterocycles. The molecule has 0 saturated carbocycles. The minimum atomic E-state index is -2.30. The van der Waals surface area contributed by atoms with Crippen LogP contribution in [0.4, 0.5) is 11.4 Å². The molecule has 0 spiro atoms. The van der Waals surface area contributed by atoms with E-state index in [9.17, 15) is 8.76 Å². The molecule has 0 radical (unpaired) electrons. The zero-order chi connectivity index (χ0) is 12.1. The van der Waals surface area contributed by atoms with Gasteiger partial charge in [0.25, 0.3) is 0 Å². The zero-order valence-corrected chi connectivity index (χ0v) is 9.63. The third kappa shape index (κ3) is 3.05. The average molecular weight is 245 g/mol. The molecule has 0 aliphatic carbocycles. The molecule has 86 valence electrons. The summed E-state index contributed by atoms with van der Waals surface area (Å²) < 4.78 is 21.9. The van der Waals surface area contributed by atoms with Crippen molar-refractivity contribution in [3.05, 3.63) is 54.6 Å². The molecular formula is C12H9N2O2S-. The van der Waals surface area contributed by atoms with E-state index in [2.05, 4.69) is 10.2 Å². The minimum Gasteiger partial charge on any atom is -0.768 e. The first-order valence-corrected chi connectivity index (χ1v) is 6.00. The molecule has 0 fully saturated rings. The summed E-state index contributed by atoms with van der Waals surface area (Å²) in [5.74, 6) is 0. The number of hydrogen-bond acceptors (Lipinski definition) is 4. The highest BCUT2D eigenvalue weighted by atomic mass is 32.2. The van der Waals surface area contributed by atoms with E-state index < -0.39 is 11.1 Å². The second kappa shape index (κ2) is 5.47. The molecule has 0 bridgehead atoms. The smallest absolute Gasteiger partial charge is 0.101 e. The number of azo groups is 1. The Morgan fingerprint density at radius 3 is 2.24 bits per heavy atom. The van der Waals surface area contributed by atoms with Crippen molar-refractivity contribution in [1.29, 1.82) is 0 Å². The number of hydrogen-bond donors (Lipinski definition) is 0. The fourth-order valence-electron chi connectivity index (χ4n) is 1.29. The van der Waals surface area contributed by atoms with E-state index in [0.29, 0.717) is 11.4 Å². The predicted molar refractivity (Wildman–Crippen MR) is 64.2 cm³/mol. The summed E-state index contributed by atoms with van der Waals surface area (Å²) in [4.78, 5) is 0.146. The summed E-state index contributed by atoms with van der Waals surface area (Å²) >= 11 is -2.30. The van der Waals surface area contributed by atoms with Gasteiger partial charge < -0.3 is 4.55 Å². The van der Waals surface area contributed by atoms with Crippen molar-refractivity contribution in [2.24, 2.45) is 10.2 Å². The van der Waals surface area contributed by atoms with Gasteiger partial charge in [0.1, 0.15) is 5.69 Å². The predicted octanol–water partition coefficient (Wildman–Crippen LogP) is 3.34. The number of rotatable bonds is 3. The Kier molecular flexibility index (Phi) is 3.74. The van der Waals surface area contributed by atoms with E-state index in [1.807, 2.05) is 18.2 Å². The van der Waals surface area contributed by atoms with Gasteiger partial charge in [0, 0.05) is 0 Å². The topological polar surface area (TPSA) is 64.8 Å². The van der Waals surface area contributed by atoms with Crippen LogP contribution >= 0.6 is 0 Å². The molecule has 4 nitrogen and oxygen atoms in total. The summed E-state index contributed by atoms with van der Waals surface area (Å²) in [6, 6.07) is 15.6. The quantitative estimate of drug-likeness (QED) is 0.614. The molecule has 1 atom stereocenters. The van der Waals surface area contributed by atoms with Crippen molar-refractivity contribution < 1.29 is 8.76 Å². The highest BCUT2D eigenvalue weighted by Gasteiger charge is 2.00. The van der Waals surface area contributed by atoms with E-state index in [0.717, 1.165) is 0 Å². The summed E-state index contributed by atoms with van der Waals surface area (Å²) in [5.41, 5.74) is 1.02. The highest BCUT2D eigenvalue weighted by Crippen LogP contribution is 2.23. The van der Waals surface area contributed by atoms with E-state index >= 15 is 0 Å². The van der Waals surface area contributed by atoms with Gasteiger partial charge in [0.05, 0.1) is 10.6 Å². The molecule has 0 N–H and O–H groups in total. The zero-order valence-electron chi connectivity index (χ0n) is 8.82. The molecule has 1 unspecified atom stereocenters. The lowest BCUT2D eigenvalue weighted by atomic mass is 10.3. The van der Waals surface area contributed by atoms with E-state index in [1.165, 1.54) is 6.07 Å². The average Bonchev–Trinajstić information content (AvgIpc) is 2.38. The van der Waals surface area contributed by atoms with Gasteiger partial charge in [-0.25, -0.2) is 0 Å². The van der Waals surface area contributed by atoms with Gasteiger partial charge in [0.15, 0.2) is 0 Å². The summed E-state index contributed by atoms with van der Waals surface area (Å²) in [6.07, 6.45) is 0. The van der Waals surface area contributed by atoms with Gasteiger partial charge in [-0.15, -0.1) is 5.11 Å². The van der Waals surface area contributed by atoms with E-state index in [4.69, 9.17) is 0 Å². The standard InChI is InChI=1S/C12H10N2O2S/c15-17(16)12-9-5-4-8-11(12)14-13-10-6-2-1-3-7-10/h1-9H,(H,15,16)/p-1. The van der Waals surface area contributed by atoms with Gasteiger partial charge in [0.2, 0.25) is 0 Å². The molecular weight excluding hydrogens is 236 g/mol. The van der Waals surface area contributed by atoms with Crippen molar-refractivity contribution in [1.82, 2.24) is 0 Å². The Hall–Kier alpha value is -1.85. The Morgan fingerprint density at radius 2 is 1.53 bits per heavy atom. The normalized spacial score (nSPS) is 12.8. The number of nitrogens with zero attached hydrogens (tertiary/aromatic N) is 2. The first kappa shape index (κ1) is 11.6. The second-order valence-corrected chi connectivity index (χ2v) is 4.15. The van der Waals surface area contributed by atoms with Crippen LogP contribution in [0.2, 0.25) is 0 Å². The SMILES string of the molecule is O=S([O-])c1ccccc1N=Nc1ccccc1. The molecule has 17 heavy (non-hydrogen) atoms. The maximum Gasteiger partial charge on any atom is 0.101 e. The lowest BCUT2D eigenvalue weighted by Gasteiger charge is -2.06. The molecule has 0 aromatic heterocycles. The third-order valence-electron chi connectivity index (χ3n) is 2.07. The molecule has 2 aromatic carbocycles. The molecule has 0 saturated heterocycles. The van der Waals surface area contributed by atoms with Crippen molar-refractivity contribution >= 4 is 22.5 Å². The Balaban J connectivity index is 2.30. The summed E-state index contributed by atoms with van der Waals surface area (Å²) in [6.45, 7) is 0. The maximum absolute atomic E-state index is 10.9. The molecule has 5 heteroatoms. The van der Waals surface area contributed by atoms with Crippen molar-refractivity contribution in [3.8, 4) is 0 Å². The third-order valence-corrected chi connectivity index (χ3v) is 2.78. The van der Waals surface area contributed by atoms with Crippen LogP contribution in [0, 0.1) is 0 Å². The highest BCUT2D eigenvalue weighted by molar-refractivity contribution is 7.79. The van der Waals surface area contributed by atoms with Gasteiger partial charge in [-0.05, 0) is 35.3 Å². The van der Waals surface area contributed by atoms with Gasteiger partial charge in [-0.3, -0.25) is 4.21 Å². The lowest BCUT2D eigenvalue weighted by Crippen LogP contribution is -1.87. The Bertz CT molecular complexity index is 555. The number of benzene rings is 2. The van der Waals surface area contributed by atoms with Crippen LogP contribution in [-0.2, 0) is 11.1 Å². The molecule has 0 heterocycles. The van der Waals surface area contributed by atoms with Crippen LogP contribution in [0.15, 0.2) is 69.7 Å². The first-order chi connectivity index (χ1) is 8.27. The van der Waals surface area contributed by atoms with Crippen LogP contribution in [0.3, 0.4) is 0 Å². The lowest BCUT2D eigenvalue weighted by molar-refractivity contribution is 0.537. The minimum absolute atomic E-state index is 0.146. The largest absolute Gasteiger partial charge is 0.768 e. The monoisotopic (exact) mass is 245 g/mol. The summed E-state index contributed by atoms with van der Waals surface area (Å²) in [7, 11) is 0. The first-order valence-electron chi connectivity index (χ1n) is 4.92. The fraction of sp³-hybridized carbons (Fsp3) is 0. The van der Waals surface area contributed by atoms with Crippen molar-refractivity contribution in [2.75, 3.05) is 0 Å². The molecule has 0 aliphatic rings. The van der Waals surface area contributed by atoms with Crippen LogP contribution in [0.1, 0.15) is 0 Å². The van der Waals surface area contributed by atoms with Crippen LogP contribution in [0.5, 0.6) is 0 Å². The second-order valence-electron chi connectivity index (χ2n) is 3.24. The molecule has 2 rings (SSSR count). The molecule has 2 aromatic rings. The van der Waals surface area contributed by atoms with Gasteiger partial charge in [-0.1, -0.05) is 30.3 Å². The van der Waals surface area contributed by atoms with E-state index in [-0.39, 0.29) is 4.90 Å². The van der Waals surface area contributed by atoms with Gasteiger partial charge in [-0.2, -0.15) is 5.11 Å². The fourth-order valence-corrected chi connectivity index (χ4v) is 1.76. The molecule has 0 amide bonds. The maximum atomic E-state index is 10.9. The van der Waals surface area contributed by atoms with Crippen LogP contribution in [0.25, 0.3) is 0 Å². The van der Waals surface area contributed by atoms with Crippen molar-refractivity contribution in [3.63, 3.8) is 0 Å². The summed E-state index contributed by atoms with van der Waals surface area (Å²) in [5, 5.41) is 7.90. The van der Waals surface area contributed by atoms with Gasteiger partial charge >= 0.3 is 0 Å².